The molecule has 1 aromatic heterocycles. The fourth-order valence-electron chi connectivity index (χ4n) is 3.74. The molecule has 158 valence electrons. The second-order valence-corrected chi connectivity index (χ2v) is 7.64. The van der Waals surface area contributed by atoms with E-state index in [9.17, 15) is 15.3 Å². The van der Waals surface area contributed by atoms with Gasteiger partial charge in [-0.15, -0.1) is 0 Å². The second kappa shape index (κ2) is 8.24. The Morgan fingerprint density at radius 3 is 2.40 bits per heavy atom. The summed E-state index contributed by atoms with van der Waals surface area (Å²) in [7, 11) is 0. The van der Waals surface area contributed by atoms with Crippen molar-refractivity contribution in [2.45, 2.75) is 51.5 Å². The van der Waals surface area contributed by atoms with Crippen molar-refractivity contribution in [3.05, 3.63) is 59.7 Å². The molecule has 1 aliphatic heterocycles. The van der Waals surface area contributed by atoms with Gasteiger partial charge in [-0.2, -0.15) is 0 Å². The molecule has 0 radical (unpaired) electrons. The quantitative estimate of drug-likeness (QED) is 0.608. The Morgan fingerprint density at radius 2 is 1.70 bits per heavy atom. The van der Waals surface area contributed by atoms with E-state index in [0.29, 0.717) is 5.75 Å². The lowest BCUT2D eigenvalue weighted by Gasteiger charge is -2.38. The van der Waals surface area contributed by atoms with Gasteiger partial charge in [-0.1, -0.05) is 18.2 Å². The van der Waals surface area contributed by atoms with Gasteiger partial charge in [0.25, 0.3) is 0 Å². The van der Waals surface area contributed by atoms with Crippen LogP contribution in [0.3, 0.4) is 0 Å². The van der Waals surface area contributed by atoms with Crippen LogP contribution < -0.4 is 4.74 Å². The van der Waals surface area contributed by atoms with Gasteiger partial charge in [-0.25, -0.2) is 0 Å². The van der Waals surface area contributed by atoms with Crippen molar-refractivity contribution in [1.29, 1.82) is 0 Å². The van der Waals surface area contributed by atoms with Crippen LogP contribution in [0.5, 0.6) is 5.75 Å². The third-order valence-electron chi connectivity index (χ3n) is 5.50. The molecule has 0 bridgehead atoms. The van der Waals surface area contributed by atoms with E-state index in [4.69, 9.17) is 13.9 Å². The van der Waals surface area contributed by atoms with Crippen LogP contribution in [0.2, 0.25) is 0 Å². The summed E-state index contributed by atoms with van der Waals surface area (Å²) in [5.41, 5.74) is 3.91. The van der Waals surface area contributed by atoms with Crippen LogP contribution in [0.25, 0.3) is 28.4 Å². The van der Waals surface area contributed by atoms with Crippen molar-refractivity contribution >= 4 is 17.0 Å². The summed E-state index contributed by atoms with van der Waals surface area (Å²) in [6.45, 7) is 5.64. The van der Waals surface area contributed by atoms with Crippen molar-refractivity contribution in [1.82, 2.24) is 0 Å². The van der Waals surface area contributed by atoms with E-state index in [0.717, 1.165) is 33.4 Å². The lowest BCUT2D eigenvalue weighted by Crippen LogP contribution is -2.58. The fourth-order valence-corrected chi connectivity index (χ4v) is 3.74. The molecule has 6 heteroatoms. The largest absolute Gasteiger partial charge is 0.462 e. The van der Waals surface area contributed by atoms with Crippen molar-refractivity contribution in [3.63, 3.8) is 0 Å². The smallest absolute Gasteiger partial charge is 0.229 e. The van der Waals surface area contributed by atoms with Crippen molar-refractivity contribution in [3.8, 4) is 17.1 Å². The Morgan fingerprint density at radius 1 is 0.967 bits per heavy atom. The van der Waals surface area contributed by atoms with Crippen molar-refractivity contribution in [2.75, 3.05) is 0 Å². The summed E-state index contributed by atoms with van der Waals surface area (Å²) in [6, 6.07) is 13.4. The molecule has 3 N–H and O–H groups in total. The van der Waals surface area contributed by atoms with Crippen LogP contribution in [0.1, 0.15) is 25.0 Å². The number of aryl methyl sites for hydroxylation is 1. The van der Waals surface area contributed by atoms with E-state index in [1.165, 1.54) is 0 Å². The molecule has 0 amide bonds. The topological polar surface area (TPSA) is 92.3 Å². The Balaban J connectivity index is 1.56. The van der Waals surface area contributed by atoms with E-state index >= 15 is 0 Å². The van der Waals surface area contributed by atoms with E-state index in [1.807, 2.05) is 44.2 Å². The molecule has 0 saturated carbocycles. The van der Waals surface area contributed by atoms with E-state index in [-0.39, 0.29) is 0 Å². The molecule has 3 aromatic rings. The Hall–Kier alpha value is -2.64. The number of ether oxygens (including phenoxy) is 2. The average molecular weight is 410 g/mol. The summed E-state index contributed by atoms with van der Waals surface area (Å²) < 4.78 is 17.3. The Labute approximate surface area is 175 Å². The predicted octanol–water partition coefficient (Wildman–Crippen LogP) is 3.65. The number of hydrogen-bond donors (Lipinski definition) is 3. The molecule has 2 heterocycles. The van der Waals surface area contributed by atoms with Gasteiger partial charge in [0.2, 0.25) is 6.29 Å². The molecule has 6 nitrogen and oxygen atoms in total. The average Bonchev–Trinajstić information content (AvgIpc) is 3.07. The minimum Gasteiger partial charge on any atom is -0.462 e. The highest BCUT2D eigenvalue weighted by Gasteiger charge is 2.43. The van der Waals surface area contributed by atoms with Crippen molar-refractivity contribution < 1.29 is 29.2 Å². The normalized spacial score (nSPS) is 27.1. The van der Waals surface area contributed by atoms with Crippen LogP contribution >= 0.6 is 0 Å². The number of rotatable bonds is 4. The molecule has 0 spiro atoms. The third-order valence-corrected chi connectivity index (χ3v) is 5.50. The first kappa shape index (κ1) is 20.6. The van der Waals surface area contributed by atoms with Crippen LogP contribution in [0.4, 0.5) is 0 Å². The molecule has 0 aliphatic carbocycles. The second-order valence-electron chi connectivity index (χ2n) is 7.64. The van der Waals surface area contributed by atoms with Crippen LogP contribution in [0.15, 0.2) is 53.0 Å². The Kier molecular flexibility index (Phi) is 5.66. The van der Waals surface area contributed by atoms with Gasteiger partial charge < -0.3 is 29.2 Å². The zero-order valence-electron chi connectivity index (χ0n) is 17.1. The number of aliphatic hydroxyl groups excluding tert-OH is 3. The van der Waals surface area contributed by atoms with E-state index in [1.54, 1.807) is 19.1 Å². The fraction of sp³-hybridized carbons (Fsp3) is 0.333. The first-order valence-electron chi connectivity index (χ1n) is 10.0. The number of fused-ring (bicyclic) bond motifs is 1. The van der Waals surface area contributed by atoms with Gasteiger partial charge >= 0.3 is 0 Å². The molecule has 2 aromatic carbocycles. The number of allylic oxidation sites excluding steroid dienone is 1. The van der Waals surface area contributed by atoms with Gasteiger partial charge in [0, 0.05) is 16.5 Å². The summed E-state index contributed by atoms with van der Waals surface area (Å²) in [5.74, 6) is 1.26. The zero-order valence-corrected chi connectivity index (χ0v) is 17.1. The summed E-state index contributed by atoms with van der Waals surface area (Å²) in [6.07, 6.45) is -1.50. The number of aliphatic hydroxyl groups is 3. The molecular weight excluding hydrogens is 384 g/mol. The maximum atomic E-state index is 10.1. The highest BCUT2D eigenvalue weighted by molar-refractivity contribution is 5.89. The molecule has 1 saturated heterocycles. The van der Waals surface area contributed by atoms with Gasteiger partial charge in [-0.3, -0.25) is 0 Å². The van der Waals surface area contributed by atoms with Crippen LogP contribution in [-0.4, -0.2) is 46.0 Å². The monoisotopic (exact) mass is 410 g/mol. The predicted molar refractivity (Wildman–Crippen MR) is 114 cm³/mol. The third kappa shape index (κ3) is 3.75. The molecule has 1 fully saturated rings. The maximum Gasteiger partial charge on any atom is 0.229 e. The first-order valence-corrected chi connectivity index (χ1v) is 10.0. The lowest BCUT2D eigenvalue weighted by atomic mass is 10.00. The molecule has 1 aliphatic rings. The first-order chi connectivity index (χ1) is 14.4. The van der Waals surface area contributed by atoms with E-state index < -0.39 is 30.7 Å². The maximum absolute atomic E-state index is 10.1. The SMILES string of the molecule is C/C=C/c1ccc2oc(-c3ccc(O[C@H]4O[C@@H](C)[C@@H](O)[C@@H](O)[C@H]4O)cc3)c(C)c2c1. The summed E-state index contributed by atoms with van der Waals surface area (Å²) in [4.78, 5) is 0. The minimum atomic E-state index is -1.35. The van der Waals surface area contributed by atoms with Gasteiger partial charge in [0.05, 0.1) is 6.10 Å². The highest BCUT2D eigenvalue weighted by atomic mass is 16.7. The van der Waals surface area contributed by atoms with Gasteiger partial charge in [0.1, 0.15) is 35.4 Å². The number of benzene rings is 2. The number of hydrogen-bond acceptors (Lipinski definition) is 6. The van der Waals surface area contributed by atoms with Crippen LogP contribution in [-0.2, 0) is 4.74 Å². The summed E-state index contributed by atoms with van der Waals surface area (Å²) in [5, 5.41) is 30.9. The molecule has 4 rings (SSSR count). The van der Waals surface area contributed by atoms with E-state index in [2.05, 4.69) is 12.1 Å². The zero-order chi connectivity index (χ0) is 21.4. The van der Waals surface area contributed by atoms with Gasteiger partial charge in [0.15, 0.2) is 0 Å². The van der Waals surface area contributed by atoms with Crippen LogP contribution in [0, 0.1) is 6.92 Å². The molecule has 30 heavy (non-hydrogen) atoms. The van der Waals surface area contributed by atoms with Crippen molar-refractivity contribution in [2.24, 2.45) is 0 Å². The Bertz CT molecular complexity index is 1050. The molecule has 5 atom stereocenters. The van der Waals surface area contributed by atoms with Gasteiger partial charge in [-0.05, 0) is 62.7 Å². The minimum absolute atomic E-state index is 0.475. The summed E-state index contributed by atoms with van der Waals surface area (Å²) >= 11 is 0. The molecular formula is C24H26O6. The highest BCUT2D eigenvalue weighted by Crippen LogP contribution is 2.35. The lowest BCUT2D eigenvalue weighted by molar-refractivity contribution is -0.268. The standard InChI is InChI=1S/C24H26O6/c1-4-5-15-6-11-19-18(12-15)13(2)23(30-19)16-7-9-17(10-8-16)29-24-22(27)21(26)20(25)14(3)28-24/h4-12,14,20-22,24-27H,1-3H3/b5-4+/t14-,20+,21+,22+,24+/m0/s1. The molecule has 0 unspecified atom stereocenters. The number of furan rings is 1.